The normalized spacial score (nSPS) is 8.69. The van der Waals surface area contributed by atoms with E-state index in [0.717, 1.165) is 11.4 Å². The first kappa shape index (κ1) is 13.1. The maximum absolute atomic E-state index is 5.03. The van der Waals surface area contributed by atoms with Crippen LogP contribution in [0.3, 0.4) is 0 Å². The van der Waals surface area contributed by atoms with Crippen LogP contribution in [-0.4, -0.2) is 10.9 Å². The molecule has 0 aliphatic heterocycles. The van der Waals surface area contributed by atoms with Gasteiger partial charge in [0.1, 0.15) is 0 Å². The van der Waals surface area contributed by atoms with E-state index in [2.05, 4.69) is 5.32 Å². The van der Waals surface area contributed by atoms with Crippen molar-refractivity contribution < 1.29 is 19.5 Å². The molecule has 0 heterocycles. The smallest absolute Gasteiger partial charge is 0.0112 e. The van der Waals surface area contributed by atoms with E-state index in [9.17, 15) is 0 Å². The van der Waals surface area contributed by atoms with Crippen molar-refractivity contribution in [2.75, 3.05) is 6.54 Å². The summed E-state index contributed by atoms with van der Waals surface area (Å²) in [6.07, 6.45) is 0. The third-order valence-electron chi connectivity index (χ3n) is 1.24. The second kappa shape index (κ2) is 7.48. The summed E-state index contributed by atoms with van der Waals surface area (Å²) in [6, 6.07) is 10.0. The molecule has 0 bridgehead atoms. The Balaban J connectivity index is 0.00000144. The van der Waals surface area contributed by atoms with Gasteiger partial charge in [-0.15, -0.1) is 18.3 Å². The maximum atomic E-state index is 5.03. The predicted molar refractivity (Wildman–Crippen MR) is 58.8 cm³/mol. The standard InChI is InChI=1S/C9H11NS2.Zn/c1-2-10-9(11)12-8-6-4-3-5-7-8;/h3-7H,2H2,1H3,(H,10,11);/p-1. The van der Waals surface area contributed by atoms with Crippen molar-refractivity contribution in [3.05, 3.63) is 35.6 Å². The molecule has 0 saturated carbocycles. The van der Waals surface area contributed by atoms with Gasteiger partial charge in [-0.2, -0.15) is 0 Å². The molecule has 0 unspecified atom stereocenters. The van der Waals surface area contributed by atoms with E-state index in [-0.39, 0.29) is 19.5 Å². The molecule has 1 rings (SSSR count). The SMILES string of the molecule is CC[N-]C(=S)Sc1ccccc1.[Zn]. The van der Waals surface area contributed by atoms with Crippen LogP contribution in [0.15, 0.2) is 35.2 Å². The molecule has 1 nitrogen and oxygen atoms in total. The Hall–Kier alpha value is 0.0834. The molecular weight excluding hydrogens is 252 g/mol. The molecule has 0 spiro atoms. The first-order valence-corrected chi connectivity index (χ1v) is 4.99. The van der Waals surface area contributed by atoms with Crippen molar-refractivity contribution in [1.29, 1.82) is 0 Å². The molecule has 13 heavy (non-hydrogen) atoms. The van der Waals surface area contributed by atoms with Crippen LogP contribution in [0.25, 0.3) is 5.32 Å². The minimum Gasteiger partial charge on any atom is -0.669 e. The van der Waals surface area contributed by atoms with Gasteiger partial charge < -0.3 is 5.32 Å². The molecule has 1 aromatic rings. The quantitative estimate of drug-likeness (QED) is 0.460. The third kappa shape index (κ3) is 5.40. The van der Waals surface area contributed by atoms with E-state index in [1.165, 1.54) is 11.8 Å². The zero-order valence-electron chi connectivity index (χ0n) is 7.56. The van der Waals surface area contributed by atoms with Crippen LogP contribution in [0.4, 0.5) is 0 Å². The van der Waals surface area contributed by atoms with Gasteiger partial charge in [0.05, 0.1) is 0 Å². The van der Waals surface area contributed by atoms with Crippen molar-refractivity contribution in [1.82, 2.24) is 0 Å². The van der Waals surface area contributed by atoms with Crippen LogP contribution < -0.4 is 0 Å². The second-order valence-electron chi connectivity index (χ2n) is 2.16. The van der Waals surface area contributed by atoms with Crippen molar-refractivity contribution >= 4 is 28.3 Å². The number of thiocarbonyl (C=S) groups is 1. The first-order chi connectivity index (χ1) is 5.83. The molecule has 0 atom stereocenters. The summed E-state index contributed by atoms with van der Waals surface area (Å²) < 4.78 is 0.712. The molecule has 0 aromatic heterocycles. The summed E-state index contributed by atoms with van der Waals surface area (Å²) in [7, 11) is 0. The summed E-state index contributed by atoms with van der Waals surface area (Å²) in [5, 5.41) is 4.11. The van der Waals surface area contributed by atoms with E-state index < -0.39 is 0 Å². The molecule has 4 heteroatoms. The Bertz CT molecular complexity index is 251. The van der Waals surface area contributed by atoms with Gasteiger partial charge in [-0.1, -0.05) is 37.3 Å². The average Bonchev–Trinajstić information content (AvgIpc) is 2.06. The topological polar surface area (TPSA) is 14.1 Å². The number of hydrogen-bond acceptors (Lipinski definition) is 2. The van der Waals surface area contributed by atoms with Crippen LogP contribution in [0.2, 0.25) is 0 Å². The number of rotatable bonds is 2. The van der Waals surface area contributed by atoms with Crippen molar-refractivity contribution in [2.24, 2.45) is 0 Å². The molecule has 0 amide bonds. The number of benzene rings is 1. The van der Waals surface area contributed by atoms with Gasteiger partial charge in [0.2, 0.25) is 0 Å². The van der Waals surface area contributed by atoms with Gasteiger partial charge in [0, 0.05) is 24.4 Å². The molecule has 1 aromatic carbocycles. The molecule has 0 fully saturated rings. The minimum absolute atomic E-state index is 0. The largest absolute Gasteiger partial charge is 0.669 e. The maximum Gasteiger partial charge on any atom is 0.0112 e. The Kier molecular flexibility index (Phi) is 7.53. The van der Waals surface area contributed by atoms with E-state index in [0.29, 0.717) is 4.32 Å². The molecular formula is C9H10NS2Zn-. The fraction of sp³-hybridized carbons (Fsp3) is 0.222. The average molecular weight is 262 g/mol. The van der Waals surface area contributed by atoms with Crippen LogP contribution in [0.1, 0.15) is 6.92 Å². The molecule has 0 N–H and O–H groups in total. The van der Waals surface area contributed by atoms with Gasteiger partial charge in [-0.3, -0.25) is 0 Å². The van der Waals surface area contributed by atoms with E-state index in [1.807, 2.05) is 37.3 Å². The van der Waals surface area contributed by atoms with E-state index in [4.69, 9.17) is 12.2 Å². The Morgan fingerprint density at radius 1 is 1.38 bits per heavy atom. The Labute approximate surface area is 101 Å². The van der Waals surface area contributed by atoms with Crippen LogP contribution in [0, 0.1) is 0 Å². The van der Waals surface area contributed by atoms with Crippen molar-refractivity contribution in [3.8, 4) is 0 Å². The van der Waals surface area contributed by atoms with E-state index in [1.54, 1.807) is 0 Å². The van der Waals surface area contributed by atoms with Crippen LogP contribution in [0.5, 0.6) is 0 Å². The number of hydrogen-bond donors (Lipinski definition) is 0. The Morgan fingerprint density at radius 2 is 2.00 bits per heavy atom. The number of thioether (sulfide) groups is 1. The summed E-state index contributed by atoms with van der Waals surface area (Å²) >= 11 is 6.56. The van der Waals surface area contributed by atoms with Gasteiger partial charge in [-0.25, -0.2) is 0 Å². The molecule has 0 radical (unpaired) electrons. The summed E-state index contributed by atoms with van der Waals surface area (Å²) in [6.45, 7) is 2.75. The molecule has 0 aliphatic carbocycles. The van der Waals surface area contributed by atoms with Crippen LogP contribution >= 0.6 is 24.0 Å². The summed E-state index contributed by atoms with van der Waals surface area (Å²) in [5.41, 5.74) is 0. The monoisotopic (exact) mass is 260 g/mol. The Morgan fingerprint density at radius 3 is 2.54 bits per heavy atom. The zero-order chi connectivity index (χ0) is 8.81. The molecule has 66 valence electrons. The third-order valence-corrected chi connectivity index (χ3v) is 2.43. The van der Waals surface area contributed by atoms with Crippen molar-refractivity contribution in [3.63, 3.8) is 0 Å². The summed E-state index contributed by atoms with van der Waals surface area (Å²) in [5.74, 6) is 0. The molecule has 0 aliphatic rings. The fourth-order valence-electron chi connectivity index (χ4n) is 0.751. The van der Waals surface area contributed by atoms with Gasteiger partial charge in [0.25, 0.3) is 0 Å². The summed E-state index contributed by atoms with van der Waals surface area (Å²) in [4.78, 5) is 1.15. The van der Waals surface area contributed by atoms with E-state index >= 15 is 0 Å². The van der Waals surface area contributed by atoms with Gasteiger partial charge in [-0.05, 0) is 16.5 Å². The van der Waals surface area contributed by atoms with Crippen LogP contribution in [-0.2, 0) is 19.5 Å². The minimum atomic E-state index is 0. The van der Waals surface area contributed by atoms with Gasteiger partial charge in [0.15, 0.2) is 0 Å². The first-order valence-electron chi connectivity index (χ1n) is 3.77. The zero-order valence-corrected chi connectivity index (χ0v) is 12.2. The fourth-order valence-corrected chi connectivity index (χ4v) is 1.86. The number of nitrogens with zero attached hydrogens (tertiary/aromatic N) is 1. The van der Waals surface area contributed by atoms with Gasteiger partial charge >= 0.3 is 0 Å². The van der Waals surface area contributed by atoms with Crippen molar-refractivity contribution in [2.45, 2.75) is 11.8 Å². The predicted octanol–water partition coefficient (Wildman–Crippen LogP) is 3.45. The molecule has 0 saturated heterocycles. The second-order valence-corrected chi connectivity index (χ2v) is 3.86.